The van der Waals surface area contributed by atoms with Crippen molar-refractivity contribution < 1.29 is 13.5 Å². The Morgan fingerprint density at radius 2 is 1.53 bits per heavy atom. The molecule has 0 heterocycles. The van der Waals surface area contributed by atoms with E-state index in [0.717, 1.165) is 44.9 Å². The second kappa shape index (κ2) is 5.27. The zero-order valence-electron chi connectivity index (χ0n) is 10.6. The SMILES string of the molecule is CS(=O)(=O)C1CCCC(C2CCCC(O)C2)C1. The van der Waals surface area contributed by atoms with Crippen molar-refractivity contribution in [2.24, 2.45) is 11.8 Å². The fourth-order valence-electron chi connectivity index (χ4n) is 3.63. The van der Waals surface area contributed by atoms with Gasteiger partial charge in [0.2, 0.25) is 0 Å². The molecule has 1 N–H and O–H groups in total. The van der Waals surface area contributed by atoms with Crippen LogP contribution in [0.15, 0.2) is 0 Å². The highest BCUT2D eigenvalue weighted by atomic mass is 32.2. The molecule has 4 heteroatoms. The van der Waals surface area contributed by atoms with Crippen LogP contribution in [0.5, 0.6) is 0 Å². The summed E-state index contributed by atoms with van der Waals surface area (Å²) in [7, 11) is -2.87. The third-order valence-corrected chi connectivity index (χ3v) is 6.27. The van der Waals surface area contributed by atoms with E-state index in [1.165, 1.54) is 12.7 Å². The maximum Gasteiger partial charge on any atom is 0.150 e. The highest BCUT2D eigenvalue weighted by Gasteiger charge is 2.34. The van der Waals surface area contributed by atoms with Crippen molar-refractivity contribution in [1.82, 2.24) is 0 Å². The minimum Gasteiger partial charge on any atom is -0.393 e. The summed E-state index contributed by atoms with van der Waals surface area (Å²) in [5.74, 6) is 1.08. The van der Waals surface area contributed by atoms with Crippen LogP contribution < -0.4 is 0 Å². The summed E-state index contributed by atoms with van der Waals surface area (Å²) in [6, 6.07) is 0. The fraction of sp³-hybridized carbons (Fsp3) is 1.00. The second-order valence-corrected chi connectivity index (χ2v) is 8.28. The Morgan fingerprint density at radius 1 is 0.941 bits per heavy atom. The first kappa shape index (κ1) is 13.3. The topological polar surface area (TPSA) is 54.4 Å². The summed E-state index contributed by atoms with van der Waals surface area (Å²) in [5, 5.41) is 9.59. The number of aliphatic hydroxyl groups is 1. The normalized spacial score (nSPS) is 40.1. The number of sulfone groups is 1. The molecule has 0 radical (unpaired) electrons. The second-order valence-electron chi connectivity index (χ2n) is 5.96. The zero-order valence-corrected chi connectivity index (χ0v) is 11.5. The molecule has 0 saturated heterocycles. The Bertz CT molecular complexity index is 350. The van der Waals surface area contributed by atoms with E-state index in [0.29, 0.717) is 11.8 Å². The van der Waals surface area contributed by atoms with E-state index in [-0.39, 0.29) is 11.4 Å². The van der Waals surface area contributed by atoms with Gasteiger partial charge in [0.05, 0.1) is 11.4 Å². The van der Waals surface area contributed by atoms with E-state index in [4.69, 9.17) is 0 Å². The van der Waals surface area contributed by atoms with Crippen LogP contribution in [-0.4, -0.2) is 31.1 Å². The number of aliphatic hydroxyl groups excluding tert-OH is 1. The van der Waals surface area contributed by atoms with Crippen molar-refractivity contribution in [1.29, 1.82) is 0 Å². The van der Waals surface area contributed by atoms with E-state index in [9.17, 15) is 13.5 Å². The van der Waals surface area contributed by atoms with Crippen molar-refractivity contribution in [2.45, 2.75) is 62.7 Å². The Balaban J connectivity index is 1.97. The minimum atomic E-state index is -2.87. The molecule has 0 amide bonds. The van der Waals surface area contributed by atoms with Crippen molar-refractivity contribution >= 4 is 9.84 Å². The molecule has 4 atom stereocenters. The number of hydrogen-bond acceptors (Lipinski definition) is 3. The third-order valence-electron chi connectivity index (χ3n) is 4.63. The zero-order chi connectivity index (χ0) is 12.5. The van der Waals surface area contributed by atoms with Crippen LogP contribution in [0.4, 0.5) is 0 Å². The molecule has 100 valence electrons. The van der Waals surface area contributed by atoms with Crippen LogP contribution in [0.1, 0.15) is 51.4 Å². The molecular weight excluding hydrogens is 236 g/mol. The van der Waals surface area contributed by atoms with E-state index < -0.39 is 9.84 Å². The van der Waals surface area contributed by atoms with Gasteiger partial charge in [0, 0.05) is 6.26 Å². The Kier molecular flexibility index (Phi) is 4.14. The lowest BCUT2D eigenvalue weighted by atomic mass is 9.72. The average Bonchev–Trinajstić information content (AvgIpc) is 2.28. The highest BCUT2D eigenvalue weighted by Crippen LogP contribution is 2.39. The van der Waals surface area contributed by atoms with Crippen molar-refractivity contribution in [3.05, 3.63) is 0 Å². The van der Waals surface area contributed by atoms with Crippen molar-refractivity contribution in [3.63, 3.8) is 0 Å². The molecule has 0 bridgehead atoms. The van der Waals surface area contributed by atoms with Crippen molar-refractivity contribution in [3.8, 4) is 0 Å². The molecule has 3 nitrogen and oxygen atoms in total. The molecule has 0 aliphatic heterocycles. The molecule has 2 rings (SSSR count). The first-order valence-corrected chi connectivity index (χ1v) is 8.79. The van der Waals surface area contributed by atoms with Crippen LogP contribution >= 0.6 is 0 Å². The predicted molar refractivity (Wildman–Crippen MR) is 68.6 cm³/mol. The number of rotatable bonds is 2. The van der Waals surface area contributed by atoms with Crippen LogP contribution in [0.2, 0.25) is 0 Å². The summed E-state index contributed by atoms with van der Waals surface area (Å²) in [4.78, 5) is 0. The molecule has 17 heavy (non-hydrogen) atoms. The molecule has 0 aromatic heterocycles. The van der Waals surface area contributed by atoms with Crippen molar-refractivity contribution in [2.75, 3.05) is 6.26 Å². The van der Waals surface area contributed by atoms with Crippen LogP contribution in [0.3, 0.4) is 0 Å². The molecule has 0 aromatic carbocycles. The lowest BCUT2D eigenvalue weighted by Crippen LogP contribution is -2.33. The summed E-state index contributed by atoms with van der Waals surface area (Å²) < 4.78 is 23.3. The molecule has 2 fully saturated rings. The summed E-state index contributed by atoms with van der Waals surface area (Å²) in [5.41, 5.74) is 0. The molecule has 0 aromatic rings. The highest BCUT2D eigenvalue weighted by molar-refractivity contribution is 7.91. The van der Waals surface area contributed by atoms with Gasteiger partial charge in [-0.25, -0.2) is 8.42 Å². The molecule has 2 aliphatic carbocycles. The Hall–Kier alpha value is -0.0900. The van der Waals surface area contributed by atoms with Gasteiger partial charge in [0.1, 0.15) is 9.84 Å². The molecule has 2 aliphatic rings. The maximum atomic E-state index is 11.6. The Morgan fingerprint density at radius 3 is 2.12 bits per heavy atom. The summed E-state index contributed by atoms with van der Waals surface area (Å²) >= 11 is 0. The van der Waals surface area contributed by atoms with E-state index in [1.54, 1.807) is 0 Å². The maximum absolute atomic E-state index is 11.6. The van der Waals surface area contributed by atoms with Gasteiger partial charge < -0.3 is 5.11 Å². The third kappa shape index (κ3) is 3.44. The largest absolute Gasteiger partial charge is 0.393 e. The molecule has 0 spiro atoms. The van der Waals surface area contributed by atoms with Gasteiger partial charge in [-0.15, -0.1) is 0 Å². The summed E-state index contributed by atoms with van der Waals surface area (Å²) in [6.07, 6.45) is 9.19. The van der Waals surface area contributed by atoms with E-state index >= 15 is 0 Å². The first-order chi connectivity index (χ1) is 7.97. The lowest BCUT2D eigenvalue weighted by Gasteiger charge is -2.37. The van der Waals surface area contributed by atoms with Gasteiger partial charge in [0.15, 0.2) is 0 Å². The predicted octanol–water partition coefficient (Wildman–Crippen LogP) is 2.14. The number of hydrogen-bond donors (Lipinski definition) is 1. The van der Waals surface area contributed by atoms with Gasteiger partial charge >= 0.3 is 0 Å². The molecule has 2 saturated carbocycles. The van der Waals surface area contributed by atoms with Crippen LogP contribution in [-0.2, 0) is 9.84 Å². The fourth-order valence-corrected chi connectivity index (χ4v) is 4.82. The Labute approximate surface area is 105 Å². The van der Waals surface area contributed by atoms with Crippen LogP contribution in [0, 0.1) is 11.8 Å². The minimum absolute atomic E-state index is 0.125. The summed E-state index contributed by atoms with van der Waals surface area (Å²) in [6.45, 7) is 0. The molecule has 4 unspecified atom stereocenters. The monoisotopic (exact) mass is 260 g/mol. The quantitative estimate of drug-likeness (QED) is 0.827. The smallest absolute Gasteiger partial charge is 0.150 e. The standard InChI is InChI=1S/C13H24O3S/c1-17(15,16)13-7-3-5-11(9-13)10-4-2-6-12(14)8-10/h10-14H,2-9H2,1H3. The lowest BCUT2D eigenvalue weighted by molar-refractivity contribution is 0.0703. The van der Waals surface area contributed by atoms with Gasteiger partial charge in [-0.1, -0.05) is 19.3 Å². The van der Waals surface area contributed by atoms with E-state index in [2.05, 4.69) is 0 Å². The first-order valence-electron chi connectivity index (χ1n) is 6.83. The van der Waals surface area contributed by atoms with Crippen LogP contribution in [0.25, 0.3) is 0 Å². The average molecular weight is 260 g/mol. The van der Waals surface area contributed by atoms with Gasteiger partial charge in [-0.3, -0.25) is 0 Å². The van der Waals surface area contributed by atoms with E-state index in [1.807, 2.05) is 0 Å². The molecular formula is C13H24O3S. The van der Waals surface area contributed by atoms with Gasteiger partial charge in [-0.05, 0) is 43.9 Å². The van der Waals surface area contributed by atoms with Gasteiger partial charge in [0.25, 0.3) is 0 Å². The van der Waals surface area contributed by atoms with Gasteiger partial charge in [-0.2, -0.15) is 0 Å².